The number of primary amides is 1. The number of nitrogens with zero attached hydrogens (tertiary/aromatic N) is 1. The van der Waals surface area contributed by atoms with Crippen molar-refractivity contribution in [2.75, 3.05) is 0 Å². The van der Waals surface area contributed by atoms with Gasteiger partial charge in [-0.3, -0.25) is 4.79 Å². The Kier molecular flexibility index (Phi) is 2.60. The number of benzene rings is 1. The van der Waals surface area contributed by atoms with Gasteiger partial charge in [-0.05, 0) is 17.7 Å². The van der Waals surface area contributed by atoms with E-state index in [1.807, 2.05) is 6.07 Å². The standard InChI is InChI=1S/C9H7FN2O/c10-7-2-1-6(3-4-11)8(5-7)9(12)13/h1-2,5H,3H2,(H2,12,13). The highest BCUT2D eigenvalue weighted by molar-refractivity contribution is 5.94. The van der Waals surface area contributed by atoms with Gasteiger partial charge < -0.3 is 5.73 Å². The Bertz CT molecular complexity index is 382. The normalized spacial score (nSPS) is 9.23. The van der Waals surface area contributed by atoms with Crippen LogP contribution in [0.15, 0.2) is 18.2 Å². The minimum absolute atomic E-state index is 0.0541. The maximum absolute atomic E-state index is 12.7. The summed E-state index contributed by atoms with van der Waals surface area (Å²) in [6.07, 6.45) is 0.0541. The molecule has 4 heteroatoms. The van der Waals surface area contributed by atoms with E-state index in [9.17, 15) is 9.18 Å². The first-order valence-electron chi connectivity index (χ1n) is 3.60. The molecule has 1 amide bonds. The molecule has 0 spiro atoms. The van der Waals surface area contributed by atoms with Gasteiger partial charge in [0, 0.05) is 5.56 Å². The van der Waals surface area contributed by atoms with Crippen LogP contribution in [0.5, 0.6) is 0 Å². The van der Waals surface area contributed by atoms with Gasteiger partial charge in [0.05, 0.1) is 12.5 Å². The molecule has 1 aromatic carbocycles. The van der Waals surface area contributed by atoms with Crippen molar-refractivity contribution in [3.05, 3.63) is 35.1 Å². The fourth-order valence-corrected chi connectivity index (χ4v) is 1.02. The first-order valence-corrected chi connectivity index (χ1v) is 3.60. The van der Waals surface area contributed by atoms with Crippen LogP contribution in [-0.4, -0.2) is 5.91 Å². The molecule has 0 radical (unpaired) electrons. The summed E-state index contributed by atoms with van der Waals surface area (Å²) in [6, 6.07) is 5.49. The molecule has 0 heterocycles. The Morgan fingerprint density at radius 3 is 2.85 bits per heavy atom. The number of nitriles is 1. The van der Waals surface area contributed by atoms with E-state index < -0.39 is 11.7 Å². The number of nitrogens with two attached hydrogens (primary N) is 1. The molecule has 0 atom stereocenters. The summed E-state index contributed by atoms with van der Waals surface area (Å²) in [6.45, 7) is 0. The molecule has 0 aliphatic carbocycles. The monoisotopic (exact) mass is 178 g/mol. The second-order valence-electron chi connectivity index (χ2n) is 2.50. The van der Waals surface area contributed by atoms with Crippen LogP contribution in [0.1, 0.15) is 15.9 Å². The molecule has 0 saturated carbocycles. The lowest BCUT2D eigenvalue weighted by molar-refractivity contribution is 0.0999. The number of carbonyl (C=O) groups excluding carboxylic acids is 1. The van der Waals surface area contributed by atoms with Crippen molar-refractivity contribution in [2.24, 2.45) is 5.73 Å². The minimum Gasteiger partial charge on any atom is -0.366 e. The van der Waals surface area contributed by atoms with Crippen molar-refractivity contribution in [3.63, 3.8) is 0 Å². The smallest absolute Gasteiger partial charge is 0.249 e. The molecule has 0 fully saturated rings. The topological polar surface area (TPSA) is 66.9 Å². The number of hydrogen-bond donors (Lipinski definition) is 1. The largest absolute Gasteiger partial charge is 0.366 e. The molecular weight excluding hydrogens is 171 g/mol. The van der Waals surface area contributed by atoms with Crippen LogP contribution in [0.2, 0.25) is 0 Å². The average molecular weight is 178 g/mol. The lowest BCUT2D eigenvalue weighted by Crippen LogP contribution is -2.13. The highest BCUT2D eigenvalue weighted by atomic mass is 19.1. The molecule has 0 unspecified atom stereocenters. The predicted octanol–water partition coefficient (Wildman–Crippen LogP) is 0.991. The zero-order valence-electron chi connectivity index (χ0n) is 6.75. The van der Waals surface area contributed by atoms with E-state index in [0.29, 0.717) is 5.56 Å². The van der Waals surface area contributed by atoms with Gasteiger partial charge in [0.1, 0.15) is 5.82 Å². The third-order valence-corrected chi connectivity index (χ3v) is 1.61. The molecule has 2 N–H and O–H groups in total. The lowest BCUT2D eigenvalue weighted by Gasteiger charge is -2.01. The summed E-state index contributed by atoms with van der Waals surface area (Å²) in [5.41, 5.74) is 5.52. The van der Waals surface area contributed by atoms with Gasteiger partial charge in [-0.2, -0.15) is 5.26 Å². The van der Waals surface area contributed by atoms with Crippen LogP contribution in [0.3, 0.4) is 0 Å². The number of amides is 1. The maximum atomic E-state index is 12.7. The van der Waals surface area contributed by atoms with E-state index in [4.69, 9.17) is 11.0 Å². The molecule has 1 aromatic rings. The Labute approximate surface area is 74.6 Å². The van der Waals surface area contributed by atoms with Crippen molar-refractivity contribution in [1.82, 2.24) is 0 Å². The van der Waals surface area contributed by atoms with Crippen LogP contribution in [0.25, 0.3) is 0 Å². The number of hydrogen-bond acceptors (Lipinski definition) is 2. The van der Waals surface area contributed by atoms with E-state index in [0.717, 1.165) is 6.07 Å². The summed E-state index contributed by atoms with van der Waals surface area (Å²) in [5, 5.41) is 8.40. The van der Waals surface area contributed by atoms with Gasteiger partial charge in [0.15, 0.2) is 0 Å². The van der Waals surface area contributed by atoms with E-state index in [-0.39, 0.29) is 12.0 Å². The predicted molar refractivity (Wildman–Crippen MR) is 44.2 cm³/mol. The highest BCUT2D eigenvalue weighted by Gasteiger charge is 2.08. The van der Waals surface area contributed by atoms with Gasteiger partial charge in [0.2, 0.25) is 5.91 Å². The molecule has 13 heavy (non-hydrogen) atoms. The third kappa shape index (κ3) is 2.03. The third-order valence-electron chi connectivity index (χ3n) is 1.61. The summed E-state index contributed by atoms with van der Waals surface area (Å²) >= 11 is 0. The summed E-state index contributed by atoms with van der Waals surface area (Å²) in [7, 11) is 0. The van der Waals surface area contributed by atoms with E-state index >= 15 is 0 Å². The molecule has 3 nitrogen and oxygen atoms in total. The van der Waals surface area contributed by atoms with E-state index in [1.165, 1.54) is 12.1 Å². The maximum Gasteiger partial charge on any atom is 0.249 e. The molecular formula is C9H7FN2O. The van der Waals surface area contributed by atoms with Crippen molar-refractivity contribution in [2.45, 2.75) is 6.42 Å². The molecule has 66 valence electrons. The molecule has 0 aromatic heterocycles. The fourth-order valence-electron chi connectivity index (χ4n) is 1.02. The van der Waals surface area contributed by atoms with Crippen LogP contribution >= 0.6 is 0 Å². The van der Waals surface area contributed by atoms with Gasteiger partial charge in [-0.15, -0.1) is 0 Å². The Morgan fingerprint density at radius 2 is 2.31 bits per heavy atom. The number of rotatable bonds is 2. The van der Waals surface area contributed by atoms with E-state index in [1.54, 1.807) is 0 Å². The van der Waals surface area contributed by atoms with Gasteiger partial charge >= 0.3 is 0 Å². The van der Waals surface area contributed by atoms with Crippen LogP contribution in [0, 0.1) is 17.1 Å². The molecule has 1 rings (SSSR count). The van der Waals surface area contributed by atoms with Gasteiger partial charge in [0.25, 0.3) is 0 Å². The first-order chi connectivity index (χ1) is 6.15. The number of carbonyl (C=O) groups is 1. The number of halogens is 1. The quantitative estimate of drug-likeness (QED) is 0.733. The second-order valence-corrected chi connectivity index (χ2v) is 2.50. The Balaban J connectivity index is 3.20. The van der Waals surface area contributed by atoms with Crippen LogP contribution < -0.4 is 5.73 Å². The SMILES string of the molecule is N#CCc1ccc(F)cc1C(N)=O. The first kappa shape index (κ1) is 9.20. The summed E-state index contributed by atoms with van der Waals surface area (Å²) in [4.78, 5) is 10.8. The fraction of sp³-hybridized carbons (Fsp3) is 0.111. The highest BCUT2D eigenvalue weighted by Crippen LogP contribution is 2.11. The molecule has 0 saturated heterocycles. The Hall–Kier alpha value is -1.89. The van der Waals surface area contributed by atoms with E-state index in [2.05, 4.69) is 0 Å². The van der Waals surface area contributed by atoms with Crippen molar-refractivity contribution in [1.29, 1.82) is 5.26 Å². The lowest BCUT2D eigenvalue weighted by atomic mass is 10.0. The molecule has 0 aliphatic rings. The van der Waals surface area contributed by atoms with Crippen molar-refractivity contribution in [3.8, 4) is 6.07 Å². The summed E-state index contributed by atoms with van der Waals surface area (Å²) in [5.74, 6) is -1.25. The van der Waals surface area contributed by atoms with Crippen molar-refractivity contribution >= 4 is 5.91 Å². The van der Waals surface area contributed by atoms with Gasteiger partial charge in [-0.1, -0.05) is 6.07 Å². The Morgan fingerprint density at radius 1 is 1.62 bits per heavy atom. The zero-order chi connectivity index (χ0) is 9.84. The van der Waals surface area contributed by atoms with Crippen LogP contribution in [-0.2, 0) is 6.42 Å². The average Bonchev–Trinajstić information content (AvgIpc) is 2.08. The van der Waals surface area contributed by atoms with Gasteiger partial charge in [-0.25, -0.2) is 4.39 Å². The molecule has 0 aliphatic heterocycles. The zero-order valence-corrected chi connectivity index (χ0v) is 6.75. The summed E-state index contributed by atoms with van der Waals surface area (Å²) < 4.78 is 12.7. The van der Waals surface area contributed by atoms with Crippen LogP contribution in [0.4, 0.5) is 4.39 Å². The molecule has 0 bridgehead atoms. The second kappa shape index (κ2) is 3.68. The van der Waals surface area contributed by atoms with Crippen molar-refractivity contribution < 1.29 is 9.18 Å². The minimum atomic E-state index is -0.718.